The van der Waals surface area contributed by atoms with Crippen LogP contribution in [0.25, 0.3) is 0 Å². The lowest BCUT2D eigenvalue weighted by molar-refractivity contribution is -0.117. The summed E-state index contributed by atoms with van der Waals surface area (Å²) < 4.78 is 25.7. The number of amides is 1. The largest absolute Gasteiger partial charge is 0.370 e. The molecule has 0 aliphatic rings. The van der Waals surface area contributed by atoms with Crippen LogP contribution in [0.3, 0.4) is 0 Å². The van der Waals surface area contributed by atoms with Crippen LogP contribution in [0.2, 0.25) is 5.02 Å². The summed E-state index contributed by atoms with van der Waals surface area (Å²) in [5.41, 5.74) is 5.08. The third-order valence-corrected chi connectivity index (χ3v) is 3.81. The van der Waals surface area contributed by atoms with Crippen LogP contribution in [0, 0.1) is 11.3 Å². The molecule has 3 N–H and O–H groups in total. The van der Waals surface area contributed by atoms with Crippen LogP contribution in [0.4, 0.5) is 0 Å². The van der Waals surface area contributed by atoms with Crippen molar-refractivity contribution >= 4 is 27.5 Å². The van der Waals surface area contributed by atoms with Crippen molar-refractivity contribution in [2.75, 3.05) is 6.54 Å². The summed E-state index contributed by atoms with van der Waals surface area (Å²) in [6, 6.07) is 5.57. The Morgan fingerprint density at radius 3 is 2.67 bits per heavy atom. The number of carbonyl (C=O) groups is 1. The molecule has 0 saturated carbocycles. The van der Waals surface area contributed by atoms with Gasteiger partial charge in [-0.1, -0.05) is 11.6 Å². The molecule has 96 valence electrons. The monoisotopic (exact) mass is 287 g/mol. The van der Waals surface area contributed by atoms with Crippen LogP contribution in [-0.2, 0) is 14.8 Å². The molecule has 0 fully saturated rings. The number of nitrogens with zero attached hydrogens (tertiary/aromatic N) is 1. The topological polar surface area (TPSA) is 113 Å². The van der Waals surface area contributed by atoms with Crippen LogP contribution in [0.5, 0.6) is 0 Å². The number of sulfonamides is 1. The van der Waals surface area contributed by atoms with E-state index in [0.29, 0.717) is 0 Å². The van der Waals surface area contributed by atoms with Gasteiger partial charge >= 0.3 is 0 Å². The van der Waals surface area contributed by atoms with E-state index in [1.54, 1.807) is 0 Å². The van der Waals surface area contributed by atoms with Crippen molar-refractivity contribution in [3.05, 3.63) is 28.8 Å². The molecule has 1 aromatic carbocycles. The quantitative estimate of drug-likeness (QED) is 0.814. The number of benzene rings is 1. The molecule has 1 aromatic rings. The first-order chi connectivity index (χ1) is 8.36. The van der Waals surface area contributed by atoms with E-state index in [9.17, 15) is 13.2 Å². The average molecular weight is 288 g/mol. The molecular weight excluding hydrogens is 278 g/mol. The van der Waals surface area contributed by atoms with Gasteiger partial charge in [0, 0.05) is 13.0 Å². The number of primary amides is 1. The van der Waals surface area contributed by atoms with Crippen LogP contribution >= 0.6 is 11.6 Å². The Labute approximate surface area is 109 Å². The molecule has 0 atom stereocenters. The summed E-state index contributed by atoms with van der Waals surface area (Å²) in [5, 5.41) is 8.71. The minimum atomic E-state index is -3.76. The lowest BCUT2D eigenvalue weighted by Crippen LogP contribution is -2.28. The van der Waals surface area contributed by atoms with Crippen molar-refractivity contribution < 1.29 is 13.2 Å². The average Bonchev–Trinajstić information content (AvgIpc) is 2.28. The maximum Gasteiger partial charge on any atom is 0.240 e. The number of halogens is 1. The first-order valence-electron chi connectivity index (χ1n) is 4.84. The van der Waals surface area contributed by atoms with Crippen LogP contribution in [0.1, 0.15) is 12.0 Å². The van der Waals surface area contributed by atoms with Crippen molar-refractivity contribution in [1.29, 1.82) is 5.26 Å². The van der Waals surface area contributed by atoms with Crippen molar-refractivity contribution in [3.63, 3.8) is 0 Å². The van der Waals surface area contributed by atoms with Gasteiger partial charge in [0.15, 0.2) is 0 Å². The van der Waals surface area contributed by atoms with E-state index < -0.39 is 15.9 Å². The smallest absolute Gasteiger partial charge is 0.240 e. The first kappa shape index (κ1) is 14.4. The van der Waals surface area contributed by atoms with Gasteiger partial charge in [0.25, 0.3) is 0 Å². The molecule has 0 aliphatic carbocycles. The number of rotatable bonds is 5. The summed E-state index contributed by atoms with van der Waals surface area (Å²) in [6.45, 7) is -0.0880. The molecule has 0 heterocycles. The van der Waals surface area contributed by atoms with E-state index in [1.165, 1.54) is 18.2 Å². The van der Waals surface area contributed by atoms with Gasteiger partial charge in [-0.15, -0.1) is 0 Å². The minimum Gasteiger partial charge on any atom is -0.370 e. The number of carbonyl (C=O) groups excluding carboxylic acids is 1. The second kappa shape index (κ2) is 5.82. The Kier molecular flexibility index (Phi) is 4.67. The fourth-order valence-electron chi connectivity index (χ4n) is 1.15. The molecule has 0 radical (unpaired) electrons. The van der Waals surface area contributed by atoms with Gasteiger partial charge in [0.2, 0.25) is 15.9 Å². The second-order valence-electron chi connectivity index (χ2n) is 3.37. The molecule has 0 saturated heterocycles. The molecule has 18 heavy (non-hydrogen) atoms. The molecule has 8 heteroatoms. The van der Waals surface area contributed by atoms with Crippen molar-refractivity contribution in [1.82, 2.24) is 4.72 Å². The molecule has 0 spiro atoms. The Balaban J connectivity index is 2.89. The summed E-state index contributed by atoms with van der Waals surface area (Å²) in [4.78, 5) is 10.4. The lowest BCUT2D eigenvalue weighted by atomic mass is 10.2. The van der Waals surface area contributed by atoms with Crippen LogP contribution < -0.4 is 10.5 Å². The Hall–Kier alpha value is -1.62. The van der Waals surface area contributed by atoms with Crippen molar-refractivity contribution in [2.24, 2.45) is 5.73 Å². The number of nitrogens with two attached hydrogens (primary N) is 1. The number of hydrogen-bond acceptors (Lipinski definition) is 4. The lowest BCUT2D eigenvalue weighted by Gasteiger charge is -2.06. The van der Waals surface area contributed by atoms with E-state index in [1.807, 2.05) is 6.07 Å². The maximum atomic E-state index is 11.8. The molecule has 0 unspecified atom stereocenters. The van der Waals surface area contributed by atoms with E-state index in [0.717, 1.165) is 0 Å². The standard InChI is InChI=1S/C10H10ClN3O3S/c11-9-5-8(2-1-7(9)6-12)18(16,17)14-4-3-10(13)15/h1-2,5,14H,3-4H2,(H2,13,15). The third-order valence-electron chi connectivity index (χ3n) is 2.03. The molecule has 6 nitrogen and oxygen atoms in total. The zero-order valence-electron chi connectivity index (χ0n) is 9.18. The number of nitrogens with one attached hydrogen (secondary N) is 1. The van der Waals surface area contributed by atoms with Gasteiger partial charge in [0.1, 0.15) is 6.07 Å². The fourth-order valence-corrected chi connectivity index (χ4v) is 2.49. The van der Waals surface area contributed by atoms with Gasteiger partial charge in [-0.05, 0) is 18.2 Å². The van der Waals surface area contributed by atoms with Crippen LogP contribution in [0.15, 0.2) is 23.1 Å². The van der Waals surface area contributed by atoms with E-state index in [-0.39, 0.29) is 28.4 Å². The molecule has 0 aromatic heterocycles. The SMILES string of the molecule is N#Cc1ccc(S(=O)(=O)NCCC(N)=O)cc1Cl. The normalized spacial score (nSPS) is 10.9. The maximum absolute atomic E-state index is 11.8. The van der Waals surface area contributed by atoms with E-state index in [2.05, 4.69) is 4.72 Å². The molecular formula is C10H10ClN3O3S. The highest BCUT2D eigenvalue weighted by Crippen LogP contribution is 2.19. The first-order valence-corrected chi connectivity index (χ1v) is 6.70. The van der Waals surface area contributed by atoms with Crippen LogP contribution in [-0.4, -0.2) is 20.9 Å². The fraction of sp³-hybridized carbons (Fsp3) is 0.200. The van der Waals surface area contributed by atoms with E-state index >= 15 is 0 Å². The van der Waals surface area contributed by atoms with Gasteiger partial charge in [-0.3, -0.25) is 4.79 Å². The zero-order valence-corrected chi connectivity index (χ0v) is 10.8. The highest BCUT2D eigenvalue weighted by Gasteiger charge is 2.15. The van der Waals surface area contributed by atoms with E-state index in [4.69, 9.17) is 22.6 Å². The van der Waals surface area contributed by atoms with Gasteiger partial charge in [-0.25, -0.2) is 13.1 Å². The highest BCUT2D eigenvalue weighted by molar-refractivity contribution is 7.89. The summed E-state index contributed by atoms with van der Waals surface area (Å²) in [6.07, 6.45) is -0.0940. The summed E-state index contributed by atoms with van der Waals surface area (Å²) in [5.74, 6) is -0.601. The Morgan fingerprint density at radius 2 is 2.17 bits per heavy atom. The van der Waals surface area contributed by atoms with Crippen molar-refractivity contribution in [3.8, 4) is 6.07 Å². The molecule has 1 rings (SSSR count). The summed E-state index contributed by atoms with van der Waals surface area (Å²) in [7, 11) is -3.76. The van der Waals surface area contributed by atoms with Gasteiger partial charge in [-0.2, -0.15) is 5.26 Å². The van der Waals surface area contributed by atoms with Crippen molar-refractivity contribution in [2.45, 2.75) is 11.3 Å². The zero-order chi connectivity index (χ0) is 13.8. The predicted molar refractivity (Wildman–Crippen MR) is 65.2 cm³/mol. The Bertz CT molecular complexity index is 607. The van der Waals surface area contributed by atoms with Gasteiger partial charge in [0.05, 0.1) is 15.5 Å². The molecule has 0 bridgehead atoms. The molecule has 0 aliphatic heterocycles. The molecule has 1 amide bonds. The third kappa shape index (κ3) is 3.70. The number of hydrogen-bond donors (Lipinski definition) is 2. The summed E-state index contributed by atoms with van der Waals surface area (Å²) >= 11 is 5.73. The highest BCUT2D eigenvalue weighted by atomic mass is 35.5. The van der Waals surface area contributed by atoms with Gasteiger partial charge < -0.3 is 5.73 Å². The second-order valence-corrected chi connectivity index (χ2v) is 5.54. The number of nitriles is 1. The predicted octanol–water partition coefficient (Wildman–Crippen LogP) is 0.365. The minimum absolute atomic E-state index is 0.0512. The Morgan fingerprint density at radius 1 is 1.50 bits per heavy atom.